The van der Waals surface area contributed by atoms with E-state index in [4.69, 9.17) is 27.6 Å². The van der Waals surface area contributed by atoms with E-state index in [1.807, 2.05) is 0 Å². The monoisotopic (exact) mass is 352 g/mol. The zero-order valence-electron chi connectivity index (χ0n) is 12.1. The van der Waals surface area contributed by atoms with Crippen LogP contribution in [-0.4, -0.2) is 11.8 Å². The second kappa shape index (κ2) is 6.26. The lowest BCUT2D eigenvalue weighted by Gasteiger charge is -2.15. The third-order valence-corrected chi connectivity index (χ3v) is 4.18. The van der Waals surface area contributed by atoms with E-state index >= 15 is 0 Å². The second-order valence-electron chi connectivity index (χ2n) is 5.46. The van der Waals surface area contributed by atoms with Crippen LogP contribution in [0, 0.1) is 5.41 Å². The molecule has 23 heavy (non-hydrogen) atoms. The Kier molecular flexibility index (Phi) is 4.33. The first kappa shape index (κ1) is 15.9. The van der Waals surface area contributed by atoms with Crippen molar-refractivity contribution in [3.63, 3.8) is 0 Å². The fourth-order valence-electron chi connectivity index (χ4n) is 2.31. The maximum Gasteiger partial charge on any atom is 0.240 e. The van der Waals surface area contributed by atoms with Crippen molar-refractivity contribution >= 4 is 40.7 Å². The molecule has 3 rings (SSSR count). The zero-order valence-corrected chi connectivity index (χ0v) is 13.6. The highest BCUT2D eigenvalue weighted by Crippen LogP contribution is 2.47. The summed E-state index contributed by atoms with van der Waals surface area (Å²) in [6.45, 7) is 0.254. The highest BCUT2D eigenvalue weighted by Gasteiger charge is 2.56. The Balaban J connectivity index is 1.64. The molecule has 1 heterocycles. The fraction of sp³-hybridized carbons (Fsp3) is 0.250. The minimum absolute atomic E-state index is 0.254. The van der Waals surface area contributed by atoms with Crippen LogP contribution in [0.2, 0.25) is 10.0 Å². The SMILES string of the molecule is O=C(NCc1ccco1)C1(C(=O)Nc2cc(Cl)cc(Cl)c2)CC1. The van der Waals surface area contributed by atoms with E-state index in [1.165, 1.54) is 6.26 Å². The minimum Gasteiger partial charge on any atom is -0.467 e. The van der Waals surface area contributed by atoms with Gasteiger partial charge in [0.2, 0.25) is 11.8 Å². The Hall–Kier alpha value is -1.98. The first-order valence-corrected chi connectivity index (χ1v) is 7.83. The third kappa shape index (κ3) is 3.51. The molecule has 1 aromatic heterocycles. The standard InChI is InChI=1S/C16H14Cl2N2O3/c17-10-6-11(18)8-12(7-10)20-15(22)16(3-4-16)14(21)19-9-13-2-1-5-23-13/h1-2,5-8H,3-4,9H2,(H,19,21)(H,20,22). The molecule has 1 aliphatic carbocycles. The normalized spacial score (nSPS) is 15.0. The van der Waals surface area contributed by atoms with E-state index < -0.39 is 5.41 Å². The smallest absolute Gasteiger partial charge is 0.240 e. The predicted octanol–water partition coefficient (Wildman–Crippen LogP) is 3.62. The molecule has 120 valence electrons. The Morgan fingerprint density at radius 2 is 1.83 bits per heavy atom. The summed E-state index contributed by atoms with van der Waals surface area (Å²) < 4.78 is 5.15. The molecule has 0 aliphatic heterocycles. The number of hydrogen-bond acceptors (Lipinski definition) is 3. The average molecular weight is 353 g/mol. The van der Waals surface area contributed by atoms with Crippen molar-refractivity contribution in [1.29, 1.82) is 0 Å². The number of furan rings is 1. The minimum atomic E-state index is -1.03. The number of halogens is 2. The van der Waals surface area contributed by atoms with Crippen molar-refractivity contribution in [2.24, 2.45) is 5.41 Å². The van der Waals surface area contributed by atoms with Crippen molar-refractivity contribution in [2.75, 3.05) is 5.32 Å². The van der Waals surface area contributed by atoms with E-state index in [-0.39, 0.29) is 18.4 Å². The lowest BCUT2D eigenvalue weighted by Crippen LogP contribution is -2.39. The van der Waals surface area contributed by atoms with Gasteiger partial charge in [-0.15, -0.1) is 0 Å². The Bertz CT molecular complexity index is 720. The molecule has 1 saturated carbocycles. The summed E-state index contributed by atoms with van der Waals surface area (Å²) in [6.07, 6.45) is 2.55. The van der Waals surface area contributed by atoms with Crippen molar-refractivity contribution in [3.8, 4) is 0 Å². The highest BCUT2D eigenvalue weighted by atomic mass is 35.5. The first-order valence-electron chi connectivity index (χ1n) is 7.08. The summed E-state index contributed by atoms with van der Waals surface area (Å²) in [5.74, 6) is -0.0246. The van der Waals surface area contributed by atoms with E-state index in [0.29, 0.717) is 34.3 Å². The summed E-state index contributed by atoms with van der Waals surface area (Å²) in [6, 6.07) is 8.24. The van der Waals surface area contributed by atoms with Crippen LogP contribution in [0.4, 0.5) is 5.69 Å². The van der Waals surface area contributed by atoms with Gasteiger partial charge in [0, 0.05) is 15.7 Å². The molecule has 0 bridgehead atoms. The summed E-state index contributed by atoms with van der Waals surface area (Å²) in [5, 5.41) is 6.27. The zero-order chi connectivity index (χ0) is 16.4. The van der Waals surface area contributed by atoms with Crippen LogP contribution < -0.4 is 10.6 Å². The third-order valence-electron chi connectivity index (χ3n) is 3.74. The number of nitrogens with one attached hydrogen (secondary N) is 2. The van der Waals surface area contributed by atoms with Gasteiger partial charge in [0.25, 0.3) is 0 Å². The number of carbonyl (C=O) groups is 2. The molecule has 7 heteroatoms. The average Bonchev–Trinajstić information content (AvgIpc) is 3.14. The van der Waals surface area contributed by atoms with Gasteiger partial charge in [0.05, 0.1) is 12.8 Å². The van der Waals surface area contributed by atoms with Crippen LogP contribution in [0.25, 0.3) is 0 Å². The number of hydrogen-bond donors (Lipinski definition) is 2. The van der Waals surface area contributed by atoms with Crippen molar-refractivity contribution < 1.29 is 14.0 Å². The Morgan fingerprint density at radius 3 is 2.39 bits per heavy atom. The van der Waals surface area contributed by atoms with Gasteiger partial charge in [0.15, 0.2) is 0 Å². The second-order valence-corrected chi connectivity index (χ2v) is 6.33. The van der Waals surface area contributed by atoms with Gasteiger partial charge in [-0.2, -0.15) is 0 Å². The number of carbonyl (C=O) groups excluding carboxylic acids is 2. The van der Waals surface area contributed by atoms with Gasteiger partial charge in [-0.1, -0.05) is 23.2 Å². The van der Waals surface area contributed by atoms with Gasteiger partial charge < -0.3 is 15.1 Å². The fourth-order valence-corrected chi connectivity index (χ4v) is 2.83. The van der Waals surface area contributed by atoms with Crippen molar-refractivity contribution in [1.82, 2.24) is 5.32 Å². The molecule has 0 unspecified atom stereocenters. The molecule has 0 radical (unpaired) electrons. The molecule has 0 saturated heterocycles. The lowest BCUT2D eigenvalue weighted by molar-refractivity contribution is -0.134. The maximum absolute atomic E-state index is 12.4. The quantitative estimate of drug-likeness (QED) is 0.807. The molecular formula is C16H14Cl2N2O3. The number of anilines is 1. The van der Waals surface area contributed by atoms with Crippen LogP contribution in [0.15, 0.2) is 41.0 Å². The van der Waals surface area contributed by atoms with Crippen LogP contribution in [0.5, 0.6) is 0 Å². The molecule has 5 nitrogen and oxygen atoms in total. The van der Waals surface area contributed by atoms with E-state index in [1.54, 1.807) is 30.3 Å². The summed E-state index contributed by atoms with van der Waals surface area (Å²) in [4.78, 5) is 24.8. The largest absolute Gasteiger partial charge is 0.467 e. The number of benzene rings is 1. The van der Waals surface area contributed by atoms with Crippen LogP contribution >= 0.6 is 23.2 Å². The van der Waals surface area contributed by atoms with Crippen molar-refractivity contribution in [3.05, 3.63) is 52.4 Å². The number of amides is 2. The molecule has 1 aliphatic rings. The topological polar surface area (TPSA) is 71.3 Å². The van der Waals surface area contributed by atoms with Gasteiger partial charge in [-0.25, -0.2) is 0 Å². The molecule has 1 fully saturated rings. The highest BCUT2D eigenvalue weighted by molar-refractivity contribution is 6.35. The maximum atomic E-state index is 12.4. The summed E-state index contributed by atoms with van der Waals surface area (Å²) >= 11 is 11.8. The molecule has 0 atom stereocenters. The van der Waals surface area contributed by atoms with Gasteiger partial charge in [-0.3, -0.25) is 9.59 Å². The molecular weight excluding hydrogens is 339 g/mol. The molecule has 1 aromatic carbocycles. The van der Waals surface area contributed by atoms with E-state index in [9.17, 15) is 9.59 Å². The molecule has 2 aromatic rings. The molecule has 2 amide bonds. The van der Waals surface area contributed by atoms with Crippen LogP contribution in [0.3, 0.4) is 0 Å². The Morgan fingerprint density at radius 1 is 1.13 bits per heavy atom. The summed E-state index contributed by atoms with van der Waals surface area (Å²) in [7, 11) is 0. The van der Waals surface area contributed by atoms with Crippen molar-refractivity contribution in [2.45, 2.75) is 19.4 Å². The lowest BCUT2D eigenvalue weighted by atomic mass is 10.0. The summed E-state index contributed by atoms with van der Waals surface area (Å²) in [5.41, 5.74) is -0.556. The van der Waals surface area contributed by atoms with E-state index in [0.717, 1.165) is 0 Å². The van der Waals surface area contributed by atoms with Gasteiger partial charge >= 0.3 is 0 Å². The van der Waals surface area contributed by atoms with Gasteiger partial charge in [0.1, 0.15) is 11.2 Å². The predicted molar refractivity (Wildman–Crippen MR) is 87.3 cm³/mol. The van der Waals surface area contributed by atoms with Crippen LogP contribution in [0.1, 0.15) is 18.6 Å². The molecule has 2 N–H and O–H groups in total. The Labute approximate surface area is 142 Å². The first-order chi connectivity index (χ1) is 11.0. The molecule has 0 spiro atoms. The van der Waals surface area contributed by atoms with E-state index in [2.05, 4.69) is 10.6 Å². The van der Waals surface area contributed by atoms with Crippen LogP contribution in [-0.2, 0) is 16.1 Å². The number of rotatable bonds is 5. The van der Waals surface area contributed by atoms with Gasteiger partial charge in [-0.05, 0) is 43.2 Å².